The predicted octanol–water partition coefficient (Wildman–Crippen LogP) is 1.62. The van der Waals surface area contributed by atoms with E-state index >= 15 is 0 Å². The van der Waals surface area contributed by atoms with Gasteiger partial charge in [-0.15, -0.1) is 0 Å². The third-order valence-electron chi connectivity index (χ3n) is 3.70. The van der Waals surface area contributed by atoms with Crippen LogP contribution >= 0.6 is 0 Å². The average Bonchev–Trinajstić information content (AvgIpc) is 2.48. The summed E-state index contributed by atoms with van der Waals surface area (Å²) in [6, 6.07) is 4.64. The highest BCUT2D eigenvalue weighted by Gasteiger charge is 2.33. The molecular weight excluding hydrogens is 295 g/mol. The third-order valence-corrected chi connectivity index (χ3v) is 5.65. The van der Waals surface area contributed by atoms with Gasteiger partial charge in [0.2, 0.25) is 10.0 Å². The van der Waals surface area contributed by atoms with Gasteiger partial charge in [0.05, 0.1) is 10.5 Å². The van der Waals surface area contributed by atoms with Gasteiger partial charge in [-0.3, -0.25) is 0 Å². The summed E-state index contributed by atoms with van der Waals surface area (Å²) in [5.41, 5.74) is -0.285. The lowest BCUT2D eigenvalue weighted by Gasteiger charge is -2.34. The van der Waals surface area contributed by atoms with Gasteiger partial charge in [0.15, 0.2) is 0 Å². The van der Waals surface area contributed by atoms with Crippen molar-refractivity contribution in [2.45, 2.75) is 36.6 Å². The summed E-state index contributed by atoms with van der Waals surface area (Å²) >= 11 is 0. The lowest BCUT2D eigenvalue weighted by Crippen LogP contribution is -2.44. The Kier molecular flexibility index (Phi) is 4.93. The van der Waals surface area contributed by atoms with E-state index in [2.05, 4.69) is 0 Å². The topological polar surface area (TPSA) is 81.4 Å². The van der Waals surface area contributed by atoms with Gasteiger partial charge in [-0.1, -0.05) is 6.42 Å². The van der Waals surface area contributed by atoms with E-state index in [-0.39, 0.29) is 23.1 Å². The minimum atomic E-state index is -3.78. The van der Waals surface area contributed by atoms with E-state index in [4.69, 9.17) is 10.4 Å². The molecule has 0 bridgehead atoms. The number of nitrogens with zero attached hydrogens (tertiary/aromatic N) is 2. The van der Waals surface area contributed by atoms with E-state index in [0.29, 0.717) is 19.4 Å². The fourth-order valence-corrected chi connectivity index (χ4v) is 4.36. The quantitative estimate of drug-likeness (QED) is 0.916. The zero-order chi connectivity index (χ0) is 15.5. The van der Waals surface area contributed by atoms with Crippen LogP contribution in [-0.2, 0) is 10.0 Å². The van der Waals surface area contributed by atoms with E-state index in [9.17, 15) is 12.8 Å². The zero-order valence-corrected chi connectivity index (χ0v) is 12.3. The molecule has 1 N–H and O–H groups in total. The average molecular weight is 312 g/mol. The van der Waals surface area contributed by atoms with E-state index < -0.39 is 15.8 Å². The van der Waals surface area contributed by atoms with Gasteiger partial charge in [-0.25, -0.2) is 12.8 Å². The predicted molar refractivity (Wildman–Crippen MR) is 74.3 cm³/mol. The summed E-state index contributed by atoms with van der Waals surface area (Å²) in [6.45, 7) is 0.301. The smallest absolute Gasteiger partial charge is 0.243 e. The molecule has 0 spiro atoms. The zero-order valence-electron chi connectivity index (χ0n) is 11.5. The lowest BCUT2D eigenvalue weighted by atomic mass is 10.0. The summed E-state index contributed by atoms with van der Waals surface area (Å²) in [7, 11) is -3.78. The number of halogens is 1. The van der Waals surface area contributed by atoms with Gasteiger partial charge >= 0.3 is 0 Å². The number of rotatable bonds is 4. The molecule has 1 unspecified atom stereocenters. The molecule has 1 saturated heterocycles. The summed E-state index contributed by atoms with van der Waals surface area (Å²) in [5, 5.41) is 17.9. The molecular formula is C14H17FN2O3S. The van der Waals surface area contributed by atoms with Gasteiger partial charge < -0.3 is 5.11 Å². The van der Waals surface area contributed by atoms with Crippen molar-refractivity contribution in [2.24, 2.45) is 0 Å². The molecule has 1 aromatic carbocycles. The molecule has 21 heavy (non-hydrogen) atoms. The first-order valence-electron chi connectivity index (χ1n) is 6.83. The molecule has 1 atom stereocenters. The van der Waals surface area contributed by atoms with Gasteiger partial charge in [0.1, 0.15) is 11.9 Å². The van der Waals surface area contributed by atoms with Crippen LogP contribution in [0.4, 0.5) is 4.39 Å². The van der Waals surface area contributed by atoms with Gasteiger partial charge in [0, 0.05) is 19.2 Å². The fourth-order valence-electron chi connectivity index (χ4n) is 2.61. The Bertz CT molecular complexity index is 653. The van der Waals surface area contributed by atoms with Crippen molar-refractivity contribution in [3.8, 4) is 6.07 Å². The second kappa shape index (κ2) is 6.52. The molecule has 114 valence electrons. The monoisotopic (exact) mass is 312 g/mol. The van der Waals surface area contributed by atoms with Crippen molar-refractivity contribution in [3.05, 3.63) is 29.6 Å². The van der Waals surface area contributed by atoms with Crippen molar-refractivity contribution in [1.29, 1.82) is 5.26 Å². The fraction of sp³-hybridized carbons (Fsp3) is 0.500. The molecule has 0 saturated carbocycles. The Morgan fingerprint density at radius 1 is 1.43 bits per heavy atom. The molecule has 1 heterocycles. The maximum atomic E-state index is 13.3. The summed E-state index contributed by atoms with van der Waals surface area (Å²) in [6.07, 6.45) is 2.76. The molecule has 0 aromatic heterocycles. The normalized spacial score (nSPS) is 20.1. The second-order valence-electron chi connectivity index (χ2n) is 5.03. The van der Waals surface area contributed by atoms with Crippen LogP contribution in [0.15, 0.2) is 23.1 Å². The van der Waals surface area contributed by atoms with Gasteiger partial charge in [0.25, 0.3) is 0 Å². The van der Waals surface area contributed by atoms with Crippen LogP contribution in [0.2, 0.25) is 0 Å². The Labute approximate surface area is 123 Å². The number of benzene rings is 1. The molecule has 0 amide bonds. The van der Waals surface area contributed by atoms with Gasteiger partial charge in [-0.05, 0) is 37.5 Å². The van der Waals surface area contributed by atoms with Crippen LogP contribution in [0.5, 0.6) is 0 Å². The minimum absolute atomic E-state index is 0.0784. The first kappa shape index (κ1) is 15.9. The number of nitriles is 1. The number of aliphatic hydroxyl groups is 1. The lowest BCUT2D eigenvalue weighted by molar-refractivity contribution is 0.192. The van der Waals surface area contributed by atoms with E-state index in [0.717, 1.165) is 25.0 Å². The maximum absolute atomic E-state index is 13.3. The first-order chi connectivity index (χ1) is 10.0. The molecule has 5 nitrogen and oxygen atoms in total. The Morgan fingerprint density at radius 2 is 2.19 bits per heavy atom. The highest BCUT2D eigenvalue weighted by Crippen LogP contribution is 2.27. The van der Waals surface area contributed by atoms with Crippen LogP contribution < -0.4 is 0 Å². The van der Waals surface area contributed by atoms with Crippen LogP contribution in [0.3, 0.4) is 0 Å². The Morgan fingerprint density at radius 3 is 2.86 bits per heavy atom. The third kappa shape index (κ3) is 3.23. The first-order valence-corrected chi connectivity index (χ1v) is 8.27. The number of sulfonamides is 1. The molecule has 1 aliphatic heterocycles. The Balaban J connectivity index is 2.38. The molecule has 1 fully saturated rings. The number of hydrogen-bond donors (Lipinski definition) is 1. The molecule has 1 aliphatic rings. The van der Waals surface area contributed by atoms with Crippen molar-refractivity contribution < 1.29 is 17.9 Å². The van der Waals surface area contributed by atoms with E-state index in [1.807, 2.05) is 0 Å². The van der Waals surface area contributed by atoms with Gasteiger partial charge in [-0.2, -0.15) is 9.57 Å². The summed E-state index contributed by atoms with van der Waals surface area (Å²) < 4.78 is 40.0. The maximum Gasteiger partial charge on any atom is 0.243 e. The highest BCUT2D eigenvalue weighted by atomic mass is 32.2. The molecule has 7 heteroatoms. The molecule has 0 radical (unpaired) electrons. The van der Waals surface area contributed by atoms with Crippen LogP contribution in [0, 0.1) is 17.1 Å². The standard InChI is InChI=1S/C14H17FN2O3S/c15-14-5-4-13(9-11(14)10-16)21(19,20)17-7-2-1-3-12(17)6-8-18/h4-5,9,12,18H,1-3,6-8H2. The molecule has 0 aliphatic carbocycles. The van der Waals surface area contributed by atoms with Crippen LogP contribution in [0.25, 0.3) is 0 Å². The summed E-state index contributed by atoms with van der Waals surface area (Å²) in [5.74, 6) is -0.734. The number of aliphatic hydroxyl groups excluding tert-OH is 1. The largest absolute Gasteiger partial charge is 0.396 e. The number of piperidine rings is 1. The van der Waals surface area contributed by atoms with E-state index in [1.165, 1.54) is 10.4 Å². The number of hydrogen-bond acceptors (Lipinski definition) is 4. The van der Waals surface area contributed by atoms with Crippen molar-refractivity contribution in [2.75, 3.05) is 13.2 Å². The van der Waals surface area contributed by atoms with Crippen molar-refractivity contribution >= 4 is 10.0 Å². The summed E-state index contributed by atoms with van der Waals surface area (Å²) in [4.78, 5) is -0.0784. The SMILES string of the molecule is N#Cc1cc(S(=O)(=O)N2CCCCC2CCO)ccc1F. The van der Waals surface area contributed by atoms with Crippen molar-refractivity contribution in [1.82, 2.24) is 4.31 Å². The van der Waals surface area contributed by atoms with Crippen molar-refractivity contribution in [3.63, 3.8) is 0 Å². The molecule has 2 rings (SSSR count). The molecule has 1 aromatic rings. The van der Waals surface area contributed by atoms with Crippen LogP contribution in [0.1, 0.15) is 31.2 Å². The second-order valence-corrected chi connectivity index (χ2v) is 6.92. The highest BCUT2D eigenvalue weighted by molar-refractivity contribution is 7.89. The van der Waals surface area contributed by atoms with E-state index in [1.54, 1.807) is 6.07 Å². The minimum Gasteiger partial charge on any atom is -0.396 e. The van der Waals surface area contributed by atoms with Crippen LogP contribution in [-0.4, -0.2) is 37.0 Å². The Hall–Kier alpha value is -1.49.